The maximum absolute atomic E-state index is 11.5. The first kappa shape index (κ1) is 15.8. The van der Waals surface area contributed by atoms with Gasteiger partial charge in [0, 0.05) is 12.3 Å². The Morgan fingerprint density at radius 2 is 2.00 bits per heavy atom. The third-order valence-electron chi connectivity index (χ3n) is 2.86. The molecule has 11 nitrogen and oxygen atoms in total. The number of hydrogen-bond donors (Lipinski definition) is 0. The molecule has 1 heterocycles. The molecule has 1 aromatic carbocycles. The molecule has 11 heteroatoms. The molecule has 0 aliphatic heterocycles. The summed E-state index contributed by atoms with van der Waals surface area (Å²) in [6.07, 6.45) is 1.43. The number of carbonyl (C=O) groups is 2. The molecule has 0 radical (unpaired) electrons. The average molecular weight is 320 g/mol. The summed E-state index contributed by atoms with van der Waals surface area (Å²) < 4.78 is 5.37. The average Bonchev–Trinajstić information content (AvgIpc) is 2.97. The monoisotopic (exact) mass is 320 g/mol. The first-order chi connectivity index (χ1) is 10.9. The third-order valence-corrected chi connectivity index (χ3v) is 2.86. The zero-order chi connectivity index (χ0) is 17.1. The molecule has 0 bridgehead atoms. The van der Waals surface area contributed by atoms with Crippen LogP contribution in [0.1, 0.15) is 20.8 Å². The number of benzene rings is 1. The molecule has 0 amide bonds. The van der Waals surface area contributed by atoms with Gasteiger partial charge in [0.25, 0.3) is 5.69 Å². The number of nitrogens with zero attached hydrogens (tertiary/aromatic N) is 4. The topological polar surface area (TPSA) is 147 Å². The van der Waals surface area contributed by atoms with Crippen LogP contribution in [0.15, 0.2) is 24.4 Å². The summed E-state index contributed by atoms with van der Waals surface area (Å²) in [5.41, 5.74) is -1.68. The summed E-state index contributed by atoms with van der Waals surface area (Å²) in [7, 11) is 1.09. The van der Waals surface area contributed by atoms with Crippen LogP contribution in [0, 0.1) is 20.2 Å². The van der Waals surface area contributed by atoms with Crippen molar-refractivity contribution in [3.8, 4) is 5.69 Å². The van der Waals surface area contributed by atoms with Crippen molar-refractivity contribution in [2.24, 2.45) is 0 Å². The molecule has 23 heavy (non-hydrogen) atoms. The first-order valence-corrected chi connectivity index (χ1v) is 5.95. The molecule has 118 valence electrons. The van der Waals surface area contributed by atoms with E-state index in [4.69, 9.17) is 0 Å². The minimum atomic E-state index is -0.893. The van der Waals surface area contributed by atoms with Gasteiger partial charge in [0.05, 0.1) is 28.6 Å². The largest absolute Gasteiger partial charge is 0.464 e. The van der Waals surface area contributed by atoms with Gasteiger partial charge in [-0.1, -0.05) is 0 Å². The maximum Gasteiger partial charge on any atom is 0.359 e. The Labute approximate surface area is 127 Å². The van der Waals surface area contributed by atoms with E-state index in [1.807, 2.05) is 0 Å². The molecule has 2 aromatic rings. The van der Waals surface area contributed by atoms with Crippen molar-refractivity contribution in [3.63, 3.8) is 0 Å². The molecule has 0 fully saturated rings. The number of aldehydes is 1. The van der Waals surface area contributed by atoms with Crippen molar-refractivity contribution in [3.05, 3.63) is 55.9 Å². The molecule has 0 saturated carbocycles. The second-order valence-electron chi connectivity index (χ2n) is 4.17. The van der Waals surface area contributed by atoms with Crippen LogP contribution < -0.4 is 0 Å². The molecule has 0 aliphatic carbocycles. The summed E-state index contributed by atoms with van der Waals surface area (Å²) in [6.45, 7) is 0. The minimum absolute atomic E-state index is 0.135. The Kier molecular flexibility index (Phi) is 4.12. The van der Waals surface area contributed by atoms with Gasteiger partial charge >= 0.3 is 11.7 Å². The van der Waals surface area contributed by atoms with E-state index in [1.165, 1.54) is 0 Å². The lowest BCUT2D eigenvalue weighted by Crippen LogP contribution is -2.07. The normalized spacial score (nSPS) is 10.1. The SMILES string of the molecule is COC(=O)c1nn(-c2ccc([N+](=O)[O-])cc2[N+](=O)[O-])cc1C=O. The van der Waals surface area contributed by atoms with Gasteiger partial charge < -0.3 is 4.74 Å². The van der Waals surface area contributed by atoms with Crippen molar-refractivity contribution < 1.29 is 24.2 Å². The van der Waals surface area contributed by atoms with E-state index >= 15 is 0 Å². The third kappa shape index (κ3) is 2.88. The zero-order valence-corrected chi connectivity index (χ0v) is 11.5. The minimum Gasteiger partial charge on any atom is -0.464 e. The Bertz CT molecular complexity index is 827. The highest BCUT2D eigenvalue weighted by molar-refractivity contribution is 5.96. The highest BCUT2D eigenvalue weighted by Gasteiger charge is 2.24. The number of esters is 1. The first-order valence-electron chi connectivity index (χ1n) is 5.95. The summed E-state index contributed by atoms with van der Waals surface area (Å²) in [5, 5.41) is 25.6. The van der Waals surface area contributed by atoms with Gasteiger partial charge in [-0.05, 0) is 6.07 Å². The molecule has 0 unspecified atom stereocenters. The number of hydrogen-bond acceptors (Lipinski definition) is 8. The molecule has 0 atom stereocenters. The second kappa shape index (κ2) is 6.01. The van der Waals surface area contributed by atoms with E-state index in [9.17, 15) is 29.8 Å². The van der Waals surface area contributed by atoms with E-state index in [2.05, 4.69) is 9.84 Å². The lowest BCUT2D eigenvalue weighted by atomic mass is 10.2. The highest BCUT2D eigenvalue weighted by Crippen LogP contribution is 2.28. The molecule has 1 aromatic heterocycles. The highest BCUT2D eigenvalue weighted by atomic mass is 16.6. The number of aromatic nitrogens is 2. The quantitative estimate of drug-likeness (QED) is 0.346. The smallest absolute Gasteiger partial charge is 0.359 e. The standard InChI is InChI=1S/C12H8N4O7/c1-23-12(18)11-7(6-17)5-14(13-11)9-3-2-8(15(19)20)4-10(9)16(21)22/h2-6H,1H3. The van der Waals surface area contributed by atoms with Crippen LogP contribution in [0.25, 0.3) is 5.69 Å². The Morgan fingerprint density at radius 1 is 1.30 bits per heavy atom. The predicted octanol–water partition coefficient (Wildman–Crippen LogP) is 1.29. The summed E-state index contributed by atoms with van der Waals surface area (Å²) in [4.78, 5) is 42.7. The van der Waals surface area contributed by atoms with Gasteiger partial charge in [0.1, 0.15) is 5.69 Å². The van der Waals surface area contributed by atoms with Gasteiger partial charge in [0.2, 0.25) is 0 Å². The Hall–Kier alpha value is -3.63. The molecular formula is C12H8N4O7. The fourth-order valence-electron chi connectivity index (χ4n) is 1.82. The zero-order valence-electron chi connectivity index (χ0n) is 11.5. The van der Waals surface area contributed by atoms with Crippen LogP contribution in [0.5, 0.6) is 0 Å². The fourth-order valence-corrected chi connectivity index (χ4v) is 1.82. The number of carbonyl (C=O) groups excluding carboxylic acids is 2. The Balaban J connectivity index is 2.64. The fraction of sp³-hybridized carbons (Fsp3) is 0.0833. The molecule has 0 aliphatic rings. The van der Waals surface area contributed by atoms with Crippen LogP contribution >= 0.6 is 0 Å². The number of rotatable bonds is 5. The van der Waals surface area contributed by atoms with Crippen molar-refractivity contribution in [1.29, 1.82) is 0 Å². The predicted molar refractivity (Wildman–Crippen MR) is 73.6 cm³/mol. The summed E-state index contributed by atoms with van der Waals surface area (Å²) in [5.74, 6) is -0.893. The molecule has 0 N–H and O–H groups in total. The lowest BCUT2D eigenvalue weighted by Gasteiger charge is -2.02. The van der Waals surface area contributed by atoms with Crippen molar-refractivity contribution in [2.45, 2.75) is 0 Å². The molecular weight excluding hydrogens is 312 g/mol. The molecule has 0 saturated heterocycles. The van der Waals surface area contributed by atoms with Gasteiger partial charge in [-0.2, -0.15) is 5.10 Å². The summed E-state index contributed by atoms with van der Waals surface area (Å²) in [6, 6.07) is 2.90. The lowest BCUT2D eigenvalue weighted by molar-refractivity contribution is -0.394. The van der Waals surface area contributed by atoms with Crippen molar-refractivity contribution in [1.82, 2.24) is 9.78 Å². The molecule has 2 rings (SSSR count). The van der Waals surface area contributed by atoms with E-state index in [0.717, 1.165) is 36.2 Å². The van der Waals surface area contributed by atoms with Crippen LogP contribution in [-0.2, 0) is 4.74 Å². The number of methoxy groups -OCH3 is 1. The van der Waals surface area contributed by atoms with Gasteiger partial charge in [0.15, 0.2) is 12.0 Å². The Morgan fingerprint density at radius 3 is 2.52 bits per heavy atom. The number of nitro groups is 2. The number of nitro benzene ring substituents is 2. The molecule has 0 spiro atoms. The van der Waals surface area contributed by atoms with E-state index in [-0.39, 0.29) is 16.9 Å². The van der Waals surface area contributed by atoms with E-state index in [0.29, 0.717) is 6.29 Å². The van der Waals surface area contributed by atoms with E-state index in [1.54, 1.807) is 0 Å². The maximum atomic E-state index is 11.5. The van der Waals surface area contributed by atoms with Gasteiger partial charge in [-0.3, -0.25) is 25.0 Å². The number of ether oxygens (including phenoxy) is 1. The van der Waals surface area contributed by atoms with Gasteiger partial charge in [-0.15, -0.1) is 0 Å². The van der Waals surface area contributed by atoms with Crippen LogP contribution in [0.2, 0.25) is 0 Å². The van der Waals surface area contributed by atoms with Crippen LogP contribution in [-0.4, -0.2) is 39.0 Å². The number of non-ortho nitro benzene ring substituents is 1. The van der Waals surface area contributed by atoms with Crippen LogP contribution in [0.3, 0.4) is 0 Å². The van der Waals surface area contributed by atoms with Crippen molar-refractivity contribution >= 4 is 23.6 Å². The van der Waals surface area contributed by atoms with Gasteiger partial charge in [-0.25, -0.2) is 9.48 Å². The van der Waals surface area contributed by atoms with E-state index < -0.39 is 27.2 Å². The summed E-state index contributed by atoms with van der Waals surface area (Å²) >= 11 is 0. The van der Waals surface area contributed by atoms with Crippen LogP contribution in [0.4, 0.5) is 11.4 Å². The van der Waals surface area contributed by atoms with Crippen molar-refractivity contribution in [2.75, 3.05) is 7.11 Å². The second-order valence-corrected chi connectivity index (χ2v) is 4.17.